The van der Waals surface area contributed by atoms with E-state index in [0.29, 0.717) is 6.42 Å². The fourth-order valence-electron chi connectivity index (χ4n) is 8.04. The van der Waals surface area contributed by atoms with Crippen LogP contribution in [0, 0.1) is 5.92 Å². The molecular weight excluding hydrogens is 680 g/mol. The molecule has 0 radical (unpaired) electrons. The molecule has 0 amide bonds. The summed E-state index contributed by atoms with van der Waals surface area (Å²) in [5.74, 6) is -1.18. The molecule has 0 aromatic rings. The Morgan fingerprint density at radius 1 is 0.556 bits per heavy atom. The smallest absolute Gasteiger partial charge is 0.309 e. The van der Waals surface area contributed by atoms with Crippen LogP contribution in [0.2, 0.25) is 0 Å². The van der Waals surface area contributed by atoms with Gasteiger partial charge in [0.2, 0.25) is 0 Å². The van der Waals surface area contributed by atoms with Gasteiger partial charge in [0.05, 0.1) is 19.1 Å². The Morgan fingerprint density at radius 3 is 1.19 bits per heavy atom. The first kappa shape index (κ1) is 50.8. The van der Waals surface area contributed by atoms with Gasteiger partial charge in [-0.15, -0.1) is 0 Å². The van der Waals surface area contributed by atoms with E-state index in [9.17, 15) is 24.9 Å². The van der Waals surface area contributed by atoms with Gasteiger partial charge in [-0.1, -0.05) is 212 Å². The first-order valence-corrected chi connectivity index (χ1v) is 23.4. The molecule has 0 aromatic carbocycles. The molecule has 8 nitrogen and oxygen atoms in total. The van der Waals surface area contributed by atoms with E-state index in [4.69, 9.17) is 14.6 Å². The number of unbranched alkanes of at least 4 members (excludes halogenated alkanes) is 31. The number of aliphatic hydroxyl groups is 3. The SMILES string of the molecule is CCCCCCCCCCCCCCCCC(CCCCCCCCCCCCCCCCCCCCCC(=O)O)C(=O)O[C@H](CO)[C@H]1OC[C@H](O)[C@H]1O. The zero-order valence-electron chi connectivity index (χ0n) is 35.2. The third-order valence-electron chi connectivity index (χ3n) is 11.7. The van der Waals surface area contributed by atoms with Gasteiger partial charge < -0.3 is 29.9 Å². The number of hydrogen-bond acceptors (Lipinski definition) is 7. The molecule has 0 spiro atoms. The highest BCUT2D eigenvalue weighted by Crippen LogP contribution is 2.25. The van der Waals surface area contributed by atoms with E-state index >= 15 is 0 Å². The molecule has 0 aliphatic carbocycles. The van der Waals surface area contributed by atoms with E-state index in [1.165, 1.54) is 173 Å². The average molecular weight is 769 g/mol. The normalized spacial score (nSPS) is 18.3. The number of rotatable bonds is 41. The second-order valence-electron chi connectivity index (χ2n) is 16.7. The minimum Gasteiger partial charge on any atom is -0.481 e. The molecule has 1 fully saturated rings. The van der Waals surface area contributed by atoms with Crippen LogP contribution in [-0.2, 0) is 19.1 Å². The van der Waals surface area contributed by atoms with Crippen LogP contribution in [0.1, 0.15) is 238 Å². The summed E-state index contributed by atoms with van der Waals surface area (Å²) in [5, 5.41) is 38.8. The molecule has 1 aliphatic rings. The lowest BCUT2D eigenvalue weighted by molar-refractivity contribution is -0.168. The quantitative estimate of drug-likeness (QED) is 0.0357. The van der Waals surface area contributed by atoms with Gasteiger partial charge >= 0.3 is 11.9 Å². The van der Waals surface area contributed by atoms with Crippen molar-refractivity contribution in [1.29, 1.82) is 0 Å². The summed E-state index contributed by atoms with van der Waals surface area (Å²) in [6, 6.07) is 0. The number of aliphatic hydroxyl groups excluding tert-OH is 3. The van der Waals surface area contributed by atoms with E-state index in [-0.39, 0.29) is 18.5 Å². The number of carbonyl (C=O) groups is 2. The Balaban J connectivity index is 2.16. The zero-order valence-corrected chi connectivity index (χ0v) is 35.2. The maximum atomic E-state index is 13.3. The summed E-state index contributed by atoms with van der Waals surface area (Å²) in [6.45, 7) is 1.81. The Hall–Kier alpha value is -1.22. The van der Waals surface area contributed by atoms with E-state index in [1.54, 1.807) is 0 Å². The maximum absolute atomic E-state index is 13.3. The molecule has 8 heteroatoms. The fraction of sp³-hybridized carbons (Fsp3) is 0.957. The van der Waals surface area contributed by atoms with Gasteiger partial charge in [-0.3, -0.25) is 9.59 Å². The van der Waals surface area contributed by atoms with Crippen molar-refractivity contribution in [2.24, 2.45) is 5.92 Å². The summed E-state index contributed by atoms with van der Waals surface area (Å²) in [5.41, 5.74) is 0. The van der Waals surface area contributed by atoms with E-state index in [1.807, 2.05) is 0 Å². The Kier molecular flexibility index (Phi) is 35.1. The molecular formula is C46H88O8. The Bertz CT molecular complexity index is 838. The van der Waals surface area contributed by atoms with Crippen LogP contribution in [0.3, 0.4) is 0 Å². The number of carbonyl (C=O) groups excluding carboxylic acids is 1. The highest BCUT2D eigenvalue weighted by Gasteiger charge is 2.42. The van der Waals surface area contributed by atoms with Crippen LogP contribution in [0.5, 0.6) is 0 Å². The van der Waals surface area contributed by atoms with Crippen LogP contribution >= 0.6 is 0 Å². The van der Waals surface area contributed by atoms with Crippen LogP contribution in [0.25, 0.3) is 0 Å². The molecule has 0 bridgehead atoms. The predicted octanol–water partition coefficient (Wildman–Crippen LogP) is 11.8. The second kappa shape index (κ2) is 37.4. The lowest BCUT2D eigenvalue weighted by atomic mass is 9.93. The molecule has 320 valence electrons. The van der Waals surface area contributed by atoms with Crippen molar-refractivity contribution in [2.75, 3.05) is 13.2 Å². The summed E-state index contributed by atoms with van der Waals surface area (Å²) >= 11 is 0. The highest BCUT2D eigenvalue weighted by atomic mass is 16.6. The van der Waals surface area contributed by atoms with Gasteiger partial charge in [-0.05, 0) is 19.3 Å². The van der Waals surface area contributed by atoms with Crippen LogP contribution in [0.15, 0.2) is 0 Å². The largest absolute Gasteiger partial charge is 0.481 e. The molecule has 1 unspecified atom stereocenters. The monoisotopic (exact) mass is 769 g/mol. The lowest BCUT2D eigenvalue weighted by Crippen LogP contribution is -2.43. The minimum atomic E-state index is -1.17. The van der Waals surface area contributed by atoms with Gasteiger partial charge in [0.15, 0.2) is 6.10 Å². The second-order valence-corrected chi connectivity index (χ2v) is 16.7. The summed E-state index contributed by atoms with van der Waals surface area (Å²) in [7, 11) is 0. The van der Waals surface area contributed by atoms with Crippen molar-refractivity contribution < 1.29 is 39.5 Å². The molecule has 54 heavy (non-hydrogen) atoms. The van der Waals surface area contributed by atoms with Crippen molar-refractivity contribution in [3.63, 3.8) is 0 Å². The Labute approximate surface area is 332 Å². The van der Waals surface area contributed by atoms with Crippen LogP contribution in [-0.4, -0.2) is 70.0 Å². The molecule has 0 saturated carbocycles. The van der Waals surface area contributed by atoms with Gasteiger partial charge in [-0.2, -0.15) is 0 Å². The molecule has 5 atom stereocenters. The predicted molar refractivity (Wildman–Crippen MR) is 222 cm³/mol. The van der Waals surface area contributed by atoms with Gasteiger partial charge in [0.25, 0.3) is 0 Å². The molecule has 1 heterocycles. The third kappa shape index (κ3) is 29.1. The number of hydrogen-bond donors (Lipinski definition) is 4. The first-order chi connectivity index (χ1) is 26.4. The molecule has 4 N–H and O–H groups in total. The van der Waals surface area contributed by atoms with Crippen molar-refractivity contribution in [3.05, 3.63) is 0 Å². The highest BCUT2D eigenvalue weighted by molar-refractivity contribution is 5.72. The summed E-state index contributed by atoms with van der Waals surface area (Å²) in [4.78, 5) is 23.9. The van der Waals surface area contributed by atoms with Crippen LogP contribution < -0.4 is 0 Å². The van der Waals surface area contributed by atoms with E-state index < -0.39 is 37.0 Å². The van der Waals surface area contributed by atoms with Gasteiger partial charge in [0.1, 0.15) is 18.3 Å². The standard InChI is InChI=1S/C46H88O8/c1-2-3-4-5-6-7-8-9-17-20-23-26-29-32-35-40(46(52)54-42(38-47)45-44(51)41(48)39-53-45)36-33-30-27-24-21-18-15-13-11-10-12-14-16-19-22-25-28-31-34-37-43(49)50/h40-42,44-45,47-48,51H,2-39H2,1H3,(H,49,50)/t40?,41-,42+,44+,45+/m0/s1. The topological polar surface area (TPSA) is 134 Å². The van der Waals surface area contributed by atoms with Crippen molar-refractivity contribution in [2.45, 2.75) is 262 Å². The van der Waals surface area contributed by atoms with E-state index in [2.05, 4.69) is 6.92 Å². The maximum Gasteiger partial charge on any atom is 0.309 e. The van der Waals surface area contributed by atoms with Crippen molar-refractivity contribution in [3.8, 4) is 0 Å². The van der Waals surface area contributed by atoms with E-state index in [0.717, 1.165) is 51.4 Å². The molecule has 0 aromatic heterocycles. The fourth-order valence-corrected chi connectivity index (χ4v) is 8.04. The number of aliphatic carboxylic acids is 1. The number of esters is 1. The third-order valence-corrected chi connectivity index (χ3v) is 11.7. The first-order valence-electron chi connectivity index (χ1n) is 23.4. The Morgan fingerprint density at radius 2 is 0.889 bits per heavy atom. The minimum absolute atomic E-state index is 0.0229. The molecule has 1 saturated heterocycles. The lowest BCUT2D eigenvalue weighted by Gasteiger charge is -2.26. The zero-order chi connectivity index (χ0) is 39.3. The molecule has 1 rings (SSSR count). The van der Waals surface area contributed by atoms with Crippen molar-refractivity contribution >= 4 is 11.9 Å². The number of carboxylic acid groups (broad SMARTS) is 1. The van der Waals surface area contributed by atoms with Crippen LogP contribution in [0.4, 0.5) is 0 Å². The number of ether oxygens (including phenoxy) is 2. The summed E-state index contributed by atoms with van der Waals surface area (Å²) in [6.07, 6.45) is 39.6. The van der Waals surface area contributed by atoms with Crippen molar-refractivity contribution in [1.82, 2.24) is 0 Å². The molecule has 1 aliphatic heterocycles. The summed E-state index contributed by atoms with van der Waals surface area (Å²) < 4.78 is 11.2. The van der Waals surface area contributed by atoms with Gasteiger partial charge in [-0.25, -0.2) is 0 Å². The van der Waals surface area contributed by atoms with Gasteiger partial charge in [0, 0.05) is 6.42 Å². The average Bonchev–Trinajstić information content (AvgIpc) is 3.50. The number of carboxylic acids is 1.